The van der Waals surface area contributed by atoms with Crippen LogP contribution in [-0.2, 0) is 13.0 Å². The highest BCUT2D eigenvalue weighted by Gasteiger charge is 2.24. The van der Waals surface area contributed by atoms with Crippen LogP contribution in [0.5, 0.6) is 5.75 Å². The third-order valence-electron chi connectivity index (χ3n) is 3.79. The SMILES string of the molecule is CCCNC(CCc1c(OC)cnn1CC)C(C)(C)C. The van der Waals surface area contributed by atoms with E-state index in [1.807, 2.05) is 10.9 Å². The Morgan fingerprint density at radius 3 is 2.55 bits per heavy atom. The van der Waals surface area contributed by atoms with Gasteiger partial charge in [0.05, 0.1) is 19.0 Å². The van der Waals surface area contributed by atoms with E-state index in [0.717, 1.165) is 31.7 Å². The van der Waals surface area contributed by atoms with Crippen LogP contribution in [0.15, 0.2) is 6.20 Å². The fraction of sp³-hybridized carbons (Fsp3) is 0.812. The highest BCUT2D eigenvalue weighted by Crippen LogP contribution is 2.26. The van der Waals surface area contributed by atoms with E-state index in [1.165, 1.54) is 12.1 Å². The van der Waals surface area contributed by atoms with Gasteiger partial charge in [-0.1, -0.05) is 27.7 Å². The second-order valence-corrected chi connectivity index (χ2v) is 6.39. The molecule has 1 unspecified atom stereocenters. The Morgan fingerprint density at radius 2 is 2.05 bits per heavy atom. The molecule has 1 rings (SSSR count). The molecule has 116 valence electrons. The van der Waals surface area contributed by atoms with E-state index in [0.29, 0.717) is 6.04 Å². The first kappa shape index (κ1) is 17.0. The standard InChI is InChI=1S/C16H31N3O/c1-7-11-17-15(16(3,4)5)10-9-13-14(20-6)12-18-19(13)8-2/h12,15,17H,7-11H2,1-6H3. The van der Waals surface area contributed by atoms with Gasteiger partial charge in [0.15, 0.2) is 5.75 Å². The zero-order valence-electron chi connectivity index (χ0n) is 14.0. The first-order valence-corrected chi connectivity index (χ1v) is 7.76. The molecule has 1 aromatic heterocycles. The molecule has 20 heavy (non-hydrogen) atoms. The van der Waals surface area contributed by atoms with Crippen LogP contribution in [0.1, 0.15) is 53.2 Å². The highest BCUT2D eigenvalue weighted by atomic mass is 16.5. The summed E-state index contributed by atoms with van der Waals surface area (Å²) in [5.74, 6) is 0.912. The normalized spacial score (nSPS) is 13.5. The molecule has 1 atom stereocenters. The molecule has 0 spiro atoms. The lowest BCUT2D eigenvalue weighted by Gasteiger charge is -2.32. The highest BCUT2D eigenvalue weighted by molar-refractivity contribution is 5.25. The van der Waals surface area contributed by atoms with Crippen molar-refractivity contribution in [2.75, 3.05) is 13.7 Å². The summed E-state index contributed by atoms with van der Waals surface area (Å²) in [5, 5.41) is 8.06. The Morgan fingerprint density at radius 1 is 1.35 bits per heavy atom. The van der Waals surface area contributed by atoms with E-state index < -0.39 is 0 Å². The van der Waals surface area contributed by atoms with Crippen LogP contribution in [-0.4, -0.2) is 29.5 Å². The second kappa shape index (κ2) is 7.67. The Hall–Kier alpha value is -1.03. The molecule has 0 bridgehead atoms. The summed E-state index contributed by atoms with van der Waals surface area (Å²) in [6.45, 7) is 13.2. The molecule has 1 N–H and O–H groups in total. The van der Waals surface area contributed by atoms with E-state index in [2.05, 4.69) is 45.0 Å². The van der Waals surface area contributed by atoms with Crippen molar-refractivity contribution in [3.8, 4) is 5.75 Å². The Labute approximate surface area is 123 Å². The average molecular weight is 281 g/mol. The minimum absolute atomic E-state index is 0.263. The number of hydrogen-bond donors (Lipinski definition) is 1. The largest absolute Gasteiger partial charge is 0.493 e. The Balaban J connectivity index is 2.74. The molecule has 0 aliphatic carbocycles. The van der Waals surface area contributed by atoms with Crippen molar-refractivity contribution >= 4 is 0 Å². The molecule has 0 aromatic carbocycles. The molecule has 1 heterocycles. The monoisotopic (exact) mass is 281 g/mol. The van der Waals surface area contributed by atoms with Gasteiger partial charge in [0.2, 0.25) is 0 Å². The summed E-state index contributed by atoms with van der Waals surface area (Å²) < 4.78 is 7.46. The molecule has 0 saturated carbocycles. The molecule has 4 heteroatoms. The lowest BCUT2D eigenvalue weighted by atomic mass is 9.83. The third-order valence-corrected chi connectivity index (χ3v) is 3.79. The van der Waals surface area contributed by atoms with Crippen LogP contribution in [0.2, 0.25) is 0 Å². The van der Waals surface area contributed by atoms with Gasteiger partial charge in [-0.3, -0.25) is 4.68 Å². The number of rotatable bonds is 8. The first-order chi connectivity index (χ1) is 9.43. The van der Waals surface area contributed by atoms with Gasteiger partial charge in [-0.05, 0) is 38.1 Å². The Bertz CT molecular complexity index is 371. The van der Waals surface area contributed by atoms with Crippen molar-refractivity contribution in [1.82, 2.24) is 15.1 Å². The van der Waals surface area contributed by atoms with E-state index >= 15 is 0 Å². The van der Waals surface area contributed by atoms with Crippen molar-refractivity contribution in [3.05, 3.63) is 11.9 Å². The number of hydrogen-bond acceptors (Lipinski definition) is 3. The van der Waals surface area contributed by atoms with Gasteiger partial charge >= 0.3 is 0 Å². The molecule has 0 fully saturated rings. The molecule has 0 aliphatic heterocycles. The quantitative estimate of drug-likeness (QED) is 0.795. The molecule has 0 radical (unpaired) electrons. The minimum Gasteiger partial charge on any atom is -0.493 e. The van der Waals surface area contributed by atoms with Gasteiger partial charge in [0, 0.05) is 12.6 Å². The van der Waals surface area contributed by atoms with Gasteiger partial charge in [0.1, 0.15) is 0 Å². The molecule has 4 nitrogen and oxygen atoms in total. The molecule has 0 amide bonds. The third kappa shape index (κ3) is 4.51. The molecular formula is C16H31N3O. The van der Waals surface area contributed by atoms with Crippen molar-refractivity contribution < 1.29 is 4.74 Å². The molecule has 1 aromatic rings. The van der Waals surface area contributed by atoms with Gasteiger partial charge < -0.3 is 10.1 Å². The van der Waals surface area contributed by atoms with E-state index in [9.17, 15) is 0 Å². The summed E-state index contributed by atoms with van der Waals surface area (Å²) in [7, 11) is 1.72. The predicted octanol–water partition coefficient (Wildman–Crippen LogP) is 3.26. The van der Waals surface area contributed by atoms with Crippen molar-refractivity contribution in [2.24, 2.45) is 5.41 Å². The number of aromatic nitrogens is 2. The van der Waals surface area contributed by atoms with Crippen molar-refractivity contribution in [1.29, 1.82) is 0 Å². The van der Waals surface area contributed by atoms with Crippen LogP contribution >= 0.6 is 0 Å². The van der Waals surface area contributed by atoms with Crippen molar-refractivity contribution in [3.63, 3.8) is 0 Å². The topological polar surface area (TPSA) is 39.1 Å². The van der Waals surface area contributed by atoms with E-state index in [-0.39, 0.29) is 5.41 Å². The van der Waals surface area contributed by atoms with E-state index in [4.69, 9.17) is 4.74 Å². The molecular weight excluding hydrogens is 250 g/mol. The van der Waals surface area contributed by atoms with Crippen molar-refractivity contribution in [2.45, 2.75) is 66.5 Å². The number of methoxy groups -OCH3 is 1. The number of ether oxygens (including phenoxy) is 1. The van der Waals surface area contributed by atoms with Gasteiger partial charge in [-0.15, -0.1) is 0 Å². The van der Waals surface area contributed by atoms with E-state index in [1.54, 1.807) is 7.11 Å². The summed E-state index contributed by atoms with van der Waals surface area (Å²) >= 11 is 0. The molecule has 0 aliphatic rings. The maximum atomic E-state index is 5.42. The maximum Gasteiger partial charge on any atom is 0.159 e. The first-order valence-electron chi connectivity index (χ1n) is 7.76. The fourth-order valence-electron chi connectivity index (χ4n) is 2.53. The number of nitrogens with one attached hydrogen (secondary N) is 1. The zero-order chi connectivity index (χ0) is 15.2. The van der Waals surface area contributed by atoms with Crippen LogP contribution in [0.3, 0.4) is 0 Å². The summed E-state index contributed by atoms with van der Waals surface area (Å²) in [5.41, 5.74) is 1.47. The summed E-state index contributed by atoms with van der Waals surface area (Å²) in [4.78, 5) is 0. The Kier molecular flexibility index (Phi) is 6.53. The molecule has 0 saturated heterocycles. The van der Waals surface area contributed by atoms with Crippen LogP contribution in [0.4, 0.5) is 0 Å². The maximum absolute atomic E-state index is 5.42. The van der Waals surface area contributed by atoms with Gasteiger partial charge in [-0.2, -0.15) is 5.10 Å². The second-order valence-electron chi connectivity index (χ2n) is 6.39. The van der Waals surface area contributed by atoms with Crippen LogP contribution in [0, 0.1) is 5.41 Å². The lowest BCUT2D eigenvalue weighted by Crippen LogP contribution is -2.41. The van der Waals surface area contributed by atoms with Gasteiger partial charge in [-0.25, -0.2) is 0 Å². The van der Waals surface area contributed by atoms with Crippen LogP contribution < -0.4 is 10.1 Å². The summed E-state index contributed by atoms with van der Waals surface area (Å²) in [6, 6.07) is 0.507. The van der Waals surface area contributed by atoms with Crippen LogP contribution in [0.25, 0.3) is 0 Å². The fourth-order valence-corrected chi connectivity index (χ4v) is 2.53. The average Bonchev–Trinajstić information content (AvgIpc) is 2.79. The number of nitrogens with zero attached hydrogens (tertiary/aromatic N) is 2. The predicted molar refractivity (Wildman–Crippen MR) is 84.3 cm³/mol. The number of aryl methyl sites for hydroxylation is 1. The zero-order valence-corrected chi connectivity index (χ0v) is 14.0. The minimum atomic E-state index is 0.263. The van der Waals surface area contributed by atoms with Gasteiger partial charge in [0.25, 0.3) is 0 Å². The summed E-state index contributed by atoms with van der Waals surface area (Å²) in [6.07, 6.45) is 5.09. The smallest absolute Gasteiger partial charge is 0.159 e. The lowest BCUT2D eigenvalue weighted by molar-refractivity contribution is 0.253.